The Morgan fingerprint density at radius 1 is 1.00 bits per heavy atom. The van der Waals surface area contributed by atoms with Crippen molar-refractivity contribution in [3.8, 4) is 0 Å². The maximum Gasteiger partial charge on any atom is 0.306 e. The first-order chi connectivity index (χ1) is 10.0. The van der Waals surface area contributed by atoms with Gasteiger partial charge < -0.3 is 10.1 Å². The van der Waals surface area contributed by atoms with Crippen LogP contribution in [0.5, 0.6) is 0 Å². The van der Waals surface area contributed by atoms with Gasteiger partial charge >= 0.3 is 5.97 Å². The van der Waals surface area contributed by atoms with E-state index < -0.39 is 0 Å². The van der Waals surface area contributed by atoms with Crippen LogP contribution in [0.1, 0.15) is 88.5 Å². The van der Waals surface area contributed by atoms with Gasteiger partial charge in [0.05, 0.1) is 0 Å². The average Bonchev–Trinajstić information content (AvgIpc) is 2.17. The van der Waals surface area contributed by atoms with Gasteiger partial charge in [-0.25, -0.2) is 0 Å². The maximum atomic E-state index is 12.6. The molecule has 0 atom stereocenters. The van der Waals surface area contributed by atoms with Crippen molar-refractivity contribution >= 4 is 5.97 Å². The Morgan fingerprint density at radius 2 is 1.39 bits per heavy atom. The summed E-state index contributed by atoms with van der Waals surface area (Å²) in [5.41, 5.74) is 0.175. The fraction of sp³-hybridized carbons (Fsp3) is 0.950. The van der Waals surface area contributed by atoms with Gasteiger partial charge in [0.1, 0.15) is 6.10 Å². The highest BCUT2D eigenvalue weighted by atomic mass is 16.5. The van der Waals surface area contributed by atoms with Gasteiger partial charge in [0.25, 0.3) is 0 Å². The number of rotatable bonds is 3. The number of esters is 1. The van der Waals surface area contributed by atoms with Crippen molar-refractivity contribution in [2.24, 2.45) is 16.7 Å². The first kappa shape index (κ1) is 20.5. The summed E-state index contributed by atoms with van der Waals surface area (Å²) in [5.74, 6) is 0.253. The molecule has 3 nitrogen and oxygen atoms in total. The number of nitrogens with one attached hydrogen (secondary N) is 1. The molecule has 0 radical (unpaired) electrons. The topological polar surface area (TPSA) is 38.3 Å². The third-order valence-corrected chi connectivity index (χ3v) is 4.91. The van der Waals surface area contributed by atoms with Crippen LogP contribution in [0, 0.1) is 16.7 Å². The van der Waals surface area contributed by atoms with Crippen molar-refractivity contribution in [2.45, 2.75) is 106 Å². The second kappa shape index (κ2) is 6.38. The van der Waals surface area contributed by atoms with Gasteiger partial charge in [0.15, 0.2) is 0 Å². The molecular formula is C20H39NO2. The molecule has 0 aromatic heterocycles. The van der Waals surface area contributed by atoms with Gasteiger partial charge in [0.2, 0.25) is 0 Å². The Labute approximate surface area is 143 Å². The number of carbonyl (C=O) groups excluding carboxylic acids is 1. The Morgan fingerprint density at radius 3 is 1.74 bits per heavy atom. The lowest BCUT2D eigenvalue weighted by Crippen LogP contribution is -2.59. The summed E-state index contributed by atoms with van der Waals surface area (Å²) < 4.78 is 5.90. The molecule has 1 heterocycles. The van der Waals surface area contributed by atoms with Crippen molar-refractivity contribution in [1.82, 2.24) is 5.32 Å². The fourth-order valence-electron chi connectivity index (χ4n) is 4.62. The Kier molecular flexibility index (Phi) is 5.68. The van der Waals surface area contributed by atoms with Crippen molar-refractivity contribution in [3.05, 3.63) is 0 Å². The van der Waals surface area contributed by atoms with Crippen molar-refractivity contribution in [2.75, 3.05) is 0 Å². The van der Waals surface area contributed by atoms with E-state index in [1.54, 1.807) is 0 Å². The lowest BCUT2D eigenvalue weighted by atomic mass is 9.65. The Bertz CT molecular complexity index is 394. The fourth-order valence-corrected chi connectivity index (χ4v) is 4.62. The summed E-state index contributed by atoms with van der Waals surface area (Å²) >= 11 is 0. The molecule has 0 aromatic rings. The van der Waals surface area contributed by atoms with Crippen molar-refractivity contribution < 1.29 is 9.53 Å². The van der Waals surface area contributed by atoms with Crippen molar-refractivity contribution in [3.63, 3.8) is 0 Å². The van der Waals surface area contributed by atoms with Gasteiger partial charge in [-0.3, -0.25) is 4.79 Å². The van der Waals surface area contributed by atoms with Gasteiger partial charge in [-0.1, -0.05) is 41.5 Å². The van der Waals surface area contributed by atoms with Crippen LogP contribution in [0.4, 0.5) is 0 Å². The molecule has 3 heteroatoms. The molecule has 0 saturated carbocycles. The number of ether oxygens (including phenoxy) is 1. The molecule has 1 aliphatic rings. The van der Waals surface area contributed by atoms with Crippen LogP contribution in [0.3, 0.4) is 0 Å². The van der Waals surface area contributed by atoms with E-state index in [1.165, 1.54) is 0 Å². The molecule has 0 amide bonds. The van der Waals surface area contributed by atoms with Crippen LogP contribution >= 0.6 is 0 Å². The molecule has 1 saturated heterocycles. The number of hydrogen-bond acceptors (Lipinski definition) is 3. The number of hydrogen-bond donors (Lipinski definition) is 1. The van der Waals surface area contributed by atoms with E-state index in [-0.39, 0.29) is 34.0 Å². The van der Waals surface area contributed by atoms with Gasteiger partial charge in [-0.05, 0) is 44.4 Å². The smallest absolute Gasteiger partial charge is 0.306 e. The SMILES string of the molecule is CC1(C)CC(OC(=O)CC(C(C)(C)C)C(C)(C)C)CC(C)(C)N1. The number of piperidine rings is 1. The first-order valence-corrected chi connectivity index (χ1v) is 9.01. The molecule has 1 fully saturated rings. The molecule has 1 rings (SSSR count). The van der Waals surface area contributed by atoms with Crippen LogP contribution in [-0.4, -0.2) is 23.2 Å². The molecule has 0 bridgehead atoms. The zero-order valence-corrected chi connectivity index (χ0v) is 17.1. The largest absolute Gasteiger partial charge is 0.462 e. The predicted molar refractivity (Wildman–Crippen MR) is 97.4 cm³/mol. The standard InChI is InChI=1S/C20H39NO2/c1-17(2,3)15(18(4,5)6)11-16(22)23-14-12-19(7,8)21-20(9,10)13-14/h14-15,21H,11-13H2,1-10H3. The summed E-state index contributed by atoms with van der Waals surface area (Å²) in [4.78, 5) is 12.6. The van der Waals surface area contributed by atoms with E-state index >= 15 is 0 Å². The minimum atomic E-state index is -0.0432. The Balaban J connectivity index is 2.75. The summed E-state index contributed by atoms with van der Waals surface area (Å²) in [7, 11) is 0. The second-order valence-electron chi connectivity index (χ2n) is 10.9. The van der Waals surface area contributed by atoms with Crippen LogP contribution in [0.15, 0.2) is 0 Å². The molecule has 1 N–H and O–H groups in total. The van der Waals surface area contributed by atoms with E-state index in [0.29, 0.717) is 12.3 Å². The normalized spacial score (nSPS) is 22.2. The van der Waals surface area contributed by atoms with Crippen molar-refractivity contribution in [1.29, 1.82) is 0 Å². The molecule has 0 spiro atoms. The predicted octanol–water partition coefficient (Wildman–Crippen LogP) is 4.94. The highest BCUT2D eigenvalue weighted by Gasteiger charge is 2.41. The molecular weight excluding hydrogens is 286 g/mol. The highest BCUT2D eigenvalue weighted by molar-refractivity contribution is 5.70. The van der Waals surface area contributed by atoms with E-state index in [2.05, 4.69) is 74.6 Å². The minimum absolute atomic E-state index is 0.000151. The zero-order chi connectivity index (χ0) is 18.3. The molecule has 136 valence electrons. The molecule has 1 aliphatic heterocycles. The second-order valence-corrected chi connectivity index (χ2v) is 10.9. The van der Waals surface area contributed by atoms with Gasteiger partial charge in [-0.2, -0.15) is 0 Å². The summed E-state index contributed by atoms with van der Waals surface area (Å²) in [5, 5.41) is 3.63. The van der Waals surface area contributed by atoms with Gasteiger partial charge in [0, 0.05) is 30.3 Å². The zero-order valence-electron chi connectivity index (χ0n) is 17.1. The van der Waals surface area contributed by atoms with E-state index in [9.17, 15) is 4.79 Å². The van der Waals surface area contributed by atoms with Crippen LogP contribution in [0.2, 0.25) is 0 Å². The van der Waals surface area contributed by atoms with Crippen LogP contribution < -0.4 is 5.32 Å². The molecule has 0 unspecified atom stereocenters. The summed E-state index contributed by atoms with van der Waals surface area (Å²) in [6.45, 7) is 22.0. The molecule has 23 heavy (non-hydrogen) atoms. The lowest BCUT2D eigenvalue weighted by molar-refractivity contribution is -0.156. The average molecular weight is 326 g/mol. The van der Waals surface area contributed by atoms with Crippen LogP contribution in [0.25, 0.3) is 0 Å². The highest BCUT2D eigenvalue weighted by Crippen LogP contribution is 2.42. The monoisotopic (exact) mass is 325 g/mol. The Hall–Kier alpha value is -0.570. The lowest BCUT2D eigenvalue weighted by Gasteiger charge is -2.46. The summed E-state index contributed by atoms with van der Waals surface area (Å²) in [6, 6.07) is 0. The van der Waals surface area contributed by atoms with Gasteiger partial charge in [-0.15, -0.1) is 0 Å². The van der Waals surface area contributed by atoms with E-state index in [4.69, 9.17) is 4.74 Å². The minimum Gasteiger partial charge on any atom is -0.462 e. The quantitative estimate of drug-likeness (QED) is 0.747. The van der Waals surface area contributed by atoms with E-state index in [1.807, 2.05) is 0 Å². The molecule has 0 aromatic carbocycles. The van der Waals surface area contributed by atoms with E-state index in [0.717, 1.165) is 12.8 Å². The first-order valence-electron chi connectivity index (χ1n) is 9.01. The van der Waals surface area contributed by atoms with Crippen LogP contribution in [-0.2, 0) is 9.53 Å². The maximum absolute atomic E-state index is 12.6. The summed E-state index contributed by atoms with van der Waals surface area (Å²) in [6.07, 6.45) is 2.25. The third kappa shape index (κ3) is 6.45. The number of carbonyl (C=O) groups is 1. The molecule has 0 aliphatic carbocycles. The third-order valence-electron chi connectivity index (χ3n) is 4.91.